The maximum atomic E-state index is 11.9. The van der Waals surface area contributed by atoms with Crippen LogP contribution >= 0.6 is 0 Å². The molecule has 2 N–H and O–H groups in total. The molecule has 1 heterocycles. The molecule has 1 aromatic carbocycles. The van der Waals surface area contributed by atoms with Crippen molar-refractivity contribution in [1.82, 2.24) is 9.78 Å². The first kappa shape index (κ1) is 14.3. The minimum absolute atomic E-state index is 0.0848. The van der Waals surface area contributed by atoms with E-state index in [1.165, 1.54) is 0 Å². The standard InChI is InChI=1S/C15H19N3O2/c1-11-9-12(2)18(17-11)8-7-15(20)16-14-6-4-3-5-13(14)10-19/h3-6,9,19H,7-8,10H2,1-2H3,(H,16,20). The van der Waals surface area contributed by atoms with Crippen LogP contribution in [0.3, 0.4) is 0 Å². The van der Waals surface area contributed by atoms with Crippen molar-refractivity contribution in [1.29, 1.82) is 0 Å². The number of aliphatic hydroxyl groups excluding tert-OH is 1. The van der Waals surface area contributed by atoms with Gasteiger partial charge in [-0.05, 0) is 26.0 Å². The van der Waals surface area contributed by atoms with Crippen LogP contribution in [0.5, 0.6) is 0 Å². The van der Waals surface area contributed by atoms with Crippen LogP contribution in [-0.2, 0) is 17.9 Å². The monoisotopic (exact) mass is 273 g/mol. The molecular formula is C15H19N3O2. The Morgan fingerprint density at radius 1 is 1.35 bits per heavy atom. The summed E-state index contributed by atoms with van der Waals surface area (Å²) in [4.78, 5) is 11.9. The number of aliphatic hydroxyl groups is 1. The zero-order valence-electron chi connectivity index (χ0n) is 11.8. The Hall–Kier alpha value is -2.14. The fourth-order valence-electron chi connectivity index (χ4n) is 2.10. The number of hydrogen-bond donors (Lipinski definition) is 2. The van der Waals surface area contributed by atoms with E-state index >= 15 is 0 Å². The van der Waals surface area contributed by atoms with Gasteiger partial charge in [-0.15, -0.1) is 0 Å². The number of carbonyl (C=O) groups excluding carboxylic acids is 1. The Morgan fingerprint density at radius 3 is 2.75 bits per heavy atom. The van der Waals surface area contributed by atoms with Gasteiger partial charge in [-0.1, -0.05) is 18.2 Å². The number of benzene rings is 1. The summed E-state index contributed by atoms with van der Waals surface area (Å²) < 4.78 is 1.83. The molecule has 2 rings (SSSR count). The number of para-hydroxylation sites is 1. The number of hydrogen-bond acceptors (Lipinski definition) is 3. The second-order valence-corrected chi connectivity index (χ2v) is 4.76. The molecule has 0 aliphatic rings. The fraction of sp³-hybridized carbons (Fsp3) is 0.333. The number of aryl methyl sites for hydroxylation is 3. The number of amides is 1. The molecule has 5 nitrogen and oxygen atoms in total. The second-order valence-electron chi connectivity index (χ2n) is 4.76. The Labute approximate surface area is 118 Å². The number of nitrogens with one attached hydrogen (secondary N) is 1. The van der Waals surface area contributed by atoms with Gasteiger partial charge in [-0.25, -0.2) is 0 Å². The minimum atomic E-state index is -0.0894. The second kappa shape index (κ2) is 6.34. The van der Waals surface area contributed by atoms with E-state index < -0.39 is 0 Å². The van der Waals surface area contributed by atoms with Crippen molar-refractivity contribution in [3.8, 4) is 0 Å². The van der Waals surface area contributed by atoms with Crippen molar-refractivity contribution < 1.29 is 9.90 Å². The molecule has 0 radical (unpaired) electrons. The van der Waals surface area contributed by atoms with Crippen LogP contribution < -0.4 is 5.32 Å². The number of aromatic nitrogens is 2. The van der Waals surface area contributed by atoms with Gasteiger partial charge in [0.2, 0.25) is 5.91 Å². The number of nitrogens with zero attached hydrogens (tertiary/aromatic N) is 2. The van der Waals surface area contributed by atoms with Crippen LogP contribution in [-0.4, -0.2) is 20.8 Å². The van der Waals surface area contributed by atoms with Gasteiger partial charge in [0.25, 0.3) is 0 Å². The highest BCUT2D eigenvalue weighted by molar-refractivity contribution is 5.91. The molecule has 0 aliphatic carbocycles. The maximum Gasteiger partial charge on any atom is 0.226 e. The van der Waals surface area contributed by atoms with Gasteiger partial charge in [0.05, 0.1) is 12.3 Å². The third kappa shape index (κ3) is 3.45. The van der Waals surface area contributed by atoms with E-state index in [1.807, 2.05) is 36.7 Å². The van der Waals surface area contributed by atoms with Crippen molar-refractivity contribution in [3.63, 3.8) is 0 Å². The first-order chi connectivity index (χ1) is 9.60. The highest BCUT2D eigenvalue weighted by Gasteiger charge is 2.07. The normalized spacial score (nSPS) is 10.6. The summed E-state index contributed by atoms with van der Waals surface area (Å²) in [5.41, 5.74) is 3.37. The molecule has 0 fully saturated rings. The third-order valence-corrected chi connectivity index (χ3v) is 3.12. The lowest BCUT2D eigenvalue weighted by atomic mass is 10.2. The Balaban J connectivity index is 1.94. The highest BCUT2D eigenvalue weighted by Crippen LogP contribution is 2.15. The van der Waals surface area contributed by atoms with Crippen LogP contribution in [0.2, 0.25) is 0 Å². The van der Waals surface area contributed by atoms with Gasteiger partial charge in [0.1, 0.15) is 0 Å². The molecule has 1 amide bonds. The maximum absolute atomic E-state index is 11.9. The molecule has 106 valence electrons. The first-order valence-corrected chi connectivity index (χ1v) is 6.60. The molecule has 20 heavy (non-hydrogen) atoms. The van der Waals surface area contributed by atoms with Gasteiger partial charge in [0.15, 0.2) is 0 Å². The van der Waals surface area contributed by atoms with Crippen LogP contribution in [0.1, 0.15) is 23.4 Å². The summed E-state index contributed by atoms with van der Waals surface area (Å²) in [6, 6.07) is 9.22. The van der Waals surface area contributed by atoms with Gasteiger partial charge in [-0.3, -0.25) is 9.48 Å². The number of carbonyl (C=O) groups is 1. The van der Waals surface area contributed by atoms with E-state index in [9.17, 15) is 9.90 Å². The lowest BCUT2D eigenvalue weighted by molar-refractivity contribution is -0.116. The molecular weight excluding hydrogens is 254 g/mol. The zero-order valence-corrected chi connectivity index (χ0v) is 11.8. The lowest BCUT2D eigenvalue weighted by Gasteiger charge is -2.09. The van der Waals surface area contributed by atoms with Crippen LogP contribution in [0.4, 0.5) is 5.69 Å². The van der Waals surface area contributed by atoms with E-state index in [1.54, 1.807) is 12.1 Å². The van der Waals surface area contributed by atoms with Gasteiger partial charge in [-0.2, -0.15) is 5.10 Å². The van der Waals surface area contributed by atoms with Crippen molar-refractivity contribution in [2.24, 2.45) is 0 Å². The summed E-state index contributed by atoms with van der Waals surface area (Å²) in [5, 5.41) is 16.4. The molecule has 5 heteroatoms. The van der Waals surface area contributed by atoms with E-state index in [2.05, 4.69) is 10.4 Å². The Bertz CT molecular complexity index is 605. The average Bonchev–Trinajstić information content (AvgIpc) is 2.75. The smallest absolute Gasteiger partial charge is 0.226 e. The Morgan fingerprint density at radius 2 is 2.10 bits per heavy atom. The quantitative estimate of drug-likeness (QED) is 0.875. The SMILES string of the molecule is Cc1cc(C)n(CCC(=O)Nc2ccccc2CO)n1. The topological polar surface area (TPSA) is 67.2 Å². The van der Waals surface area contributed by atoms with Crippen molar-refractivity contribution in [2.75, 3.05) is 5.32 Å². The minimum Gasteiger partial charge on any atom is -0.392 e. The molecule has 2 aromatic rings. The summed E-state index contributed by atoms with van der Waals surface area (Å²) in [5.74, 6) is -0.0848. The Kier molecular flexibility index (Phi) is 4.53. The van der Waals surface area contributed by atoms with Crippen molar-refractivity contribution in [2.45, 2.75) is 33.4 Å². The lowest BCUT2D eigenvalue weighted by Crippen LogP contribution is -2.16. The number of anilines is 1. The summed E-state index contributed by atoms with van der Waals surface area (Å²) >= 11 is 0. The molecule has 1 aromatic heterocycles. The van der Waals surface area contributed by atoms with E-state index in [4.69, 9.17) is 0 Å². The highest BCUT2D eigenvalue weighted by atomic mass is 16.3. The third-order valence-electron chi connectivity index (χ3n) is 3.12. The predicted molar refractivity (Wildman–Crippen MR) is 77.3 cm³/mol. The fourth-order valence-corrected chi connectivity index (χ4v) is 2.10. The molecule has 0 saturated carbocycles. The summed E-state index contributed by atoms with van der Waals surface area (Å²) in [7, 11) is 0. The molecule has 0 aliphatic heterocycles. The van der Waals surface area contributed by atoms with E-state index in [0.29, 0.717) is 24.2 Å². The van der Waals surface area contributed by atoms with E-state index in [-0.39, 0.29) is 12.5 Å². The molecule has 0 atom stereocenters. The van der Waals surface area contributed by atoms with Gasteiger partial charge >= 0.3 is 0 Å². The molecule has 0 bridgehead atoms. The van der Waals surface area contributed by atoms with Crippen molar-refractivity contribution in [3.05, 3.63) is 47.3 Å². The predicted octanol–water partition coefficient (Wildman–Crippen LogP) is 2.02. The van der Waals surface area contributed by atoms with Gasteiger partial charge < -0.3 is 10.4 Å². The molecule has 0 saturated heterocycles. The first-order valence-electron chi connectivity index (χ1n) is 6.60. The average molecular weight is 273 g/mol. The molecule has 0 spiro atoms. The van der Waals surface area contributed by atoms with E-state index in [0.717, 1.165) is 11.4 Å². The number of rotatable bonds is 5. The molecule has 0 unspecified atom stereocenters. The summed E-state index contributed by atoms with van der Waals surface area (Å²) in [6.07, 6.45) is 0.349. The summed E-state index contributed by atoms with van der Waals surface area (Å²) in [6.45, 7) is 4.36. The van der Waals surface area contributed by atoms with Crippen LogP contribution in [0.15, 0.2) is 30.3 Å². The van der Waals surface area contributed by atoms with Crippen LogP contribution in [0.25, 0.3) is 0 Å². The zero-order chi connectivity index (χ0) is 14.5. The van der Waals surface area contributed by atoms with Gasteiger partial charge in [0, 0.05) is 29.9 Å². The van der Waals surface area contributed by atoms with Crippen LogP contribution in [0, 0.1) is 13.8 Å². The largest absolute Gasteiger partial charge is 0.392 e. The van der Waals surface area contributed by atoms with Crippen molar-refractivity contribution >= 4 is 11.6 Å².